The summed E-state index contributed by atoms with van der Waals surface area (Å²) in [6, 6.07) is 32.7. The van der Waals surface area contributed by atoms with E-state index in [1.165, 1.54) is 11.1 Å². The van der Waals surface area contributed by atoms with Gasteiger partial charge in [-0.1, -0.05) is 60.7 Å². The van der Waals surface area contributed by atoms with Gasteiger partial charge in [0.1, 0.15) is 5.82 Å². The fourth-order valence-electron chi connectivity index (χ4n) is 4.79. The van der Waals surface area contributed by atoms with E-state index in [-0.39, 0.29) is 5.56 Å². The van der Waals surface area contributed by atoms with Gasteiger partial charge in [0.25, 0.3) is 5.56 Å². The molecule has 0 aliphatic carbocycles. The third kappa shape index (κ3) is 4.62. The Morgan fingerprint density at radius 1 is 0.838 bits per heavy atom. The highest BCUT2D eigenvalue weighted by Crippen LogP contribution is 2.25. The van der Waals surface area contributed by atoms with Gasteiger partial charge in [-0.15, -0.1) is 0 Å². The number of para-hydroxylation sites is 1. The van der Waals surface area contributed by atoms with Crippen molar-refractivity contribution in [3.8, 4) is 5.69 Å². The number of rotatable bonds is 5. The molecule has 6 rings (SSSR count). The topological polar surface area (TPSA) is 39.8 Å². The van der Waals surface area contributed by atoms with E-state index in [9.17, 15) is 4.79 Å². The Bertz CT molecular complexity index is 1850. The van der Waals surface area contributed by atoms with Crippen LogP contribution in [0.2, 0.25) is 0 Å². The highest BCUT2D eigenvalue weighted by Gasteiger charge is 2.13. The van der Waals surface area contributed by atoms with Crippen LogP contribution in [0.15, 0.2) is 108 Å². The number of aryl methyl sites for hydroxylation is 1. The zero-order valence-corrected chi connectivity index (χ0v) is 22.5. The molecule has 4 nitrogen and oxygen atoms in total. The summed E-state index contributed by atoms with van der Waals surface area (Å²) in [5, 5.41) is 1.78. The monoisotopic (exact) mass is 593 g/mol. The average Bonchev–Trinajstić information content (AvgIpc) is 3.26. The highest BCUT2D eigenvalue weighted by atomic mass is 127. The van der Waals surface area contributed by atoms with E-state index < -0.39 is 0 Å². The Hall–Kier alpha value is -3.97. The third-order valence-corrected chi connectivity index (χ3v) is 7.21. The third-order valence-electron chi connectivity index (χ3n) is 6.54. The molecule has 0 bridgehead atoms. The number of hydrogen-bond donors (Lipinski definition) is 0. The van der Waals surface area contributed by atoms with Gasteiger partial charge >= 0.3 is 0 Å². The van der Waals surface area contributed by atoms with Crippen LogP contribution >= 0.6 is 22.6 Å². The molecule has 0 radical (unpaired) electrons. The second-order valence-corrected chi connectivity index (χ2v) is 10.4. The lowest BCUT2D eigenvalue weighted by atomic mass is 10.1. The molecule has 2 heterocycles. The highest BCUT2D eigenvalue weighted by molar-refractivity contribution is 14.1. The van der Waals surface area contributed by atoms with Crippen molar-refractivity contribution in [2.24, 2.45) is 0 Å². The molecular weight excluding hydrogens is 569 g/mol. The van der Waals surface area contributed by atoms with E-state index in [4.69, 9.17) is 4.98 Å². The van der Waals surface area contributed by atoms with Crippen molar-refractivity contribution in [3.05, 3.63) is 140 Å². The van der Waals surface area contributed by atoms with Crippen molar-refractivity contribution in [1.29, 1.82) is 0 Å². The molecule has 0 aliphatic rings. The summed E-state index contributed by atoms with van der Waals surface area (Å²) in [7, 11) is 0. The van der Waals surface area contributed by atoms with E-state index in [0.29, 0.717) is 16.7 Å². The minimum atomic E-state index is -0.0692. The predicted molar refractivity (Wildman–Crippen MR) is 161 cm³/mol. The molecule has 6 aromatic rings. The molecule has 180 valence electrons. The lowest BCUT2D eigenvalue weighted by Crippen LogP contribution is -2.22. The summed E-state index contributed by atoms with van der Waals surface area (Å²) in [5.74, 6) is 0.601. The second kappa shape index (κ2) is 9.82. The van der Waals surface area contributed by atoms with Gasteiger partial charge in [-0.05, 0) is 89.2 Å². The smallest absolute Gasteiger partial charge is 0.266 e. The number of fused-ring (bicyclic) bond motifs is 2. The molecule has 0 saturated heterocycles. The fourth-order valence-corrected chi connectivity index (χ4v) is 5.28. The molecule has 4 aromatic carbocycles. The molecule has 0 atom stereocenters. The van der Waals surface area contributed by atoms with Gasteiger partial charge in [0.2, 0.25) is 0 Å². The van der Waals surface area contributed by atoms with Gasteiger partial charge in [-0.25, -0.2) is 4.98 Å². The molecular formula is C32H24IN3O. The van der Waals surface area contributed by atoms with E-state index >= 15 is 0 Å². The summed E-state index contributed by atoms with van der Waals surface area (Å²) in [5.41, 5.74) is 6.02. The first-order chi connectivity index (χ1) is 18.1. The lowest BCUT2D eigenvalue weighted by Gasteiger charge is -2.12. The zero-order valence-electron chi connectivity index (χ0n) is 20.3. The van der Waals surface area contributed by atoms with Crippen molar-refractivity contribution in [2.45, 2.75) is 13.5 Å². The van der Waals surface area contributed by atoms with Gasteiger partial charge in [0.05, 0.1) is 16.6 Å². The van der Waals surface area contributed by atoms with Gasteiger partial charge in [0.15, 0.2) is 0 Å². The number of hydrogen-bond acceptors (Lipinski definition) is 2. The quantitative estimate of drug-likeness (QED) is 0.195. The average molecular weight is 593 g/mol. The predicted octanol–water partition coefficient (Wildman–Crippen LogP) is 7.47. The molecule has 37 heavy (non-hydrogen) atoms. The normalized spacial score (nSPS) is 11.6. The minimum absolute atomic E-state index is 0.0692. The Kier molecular flexibility index (Phi) is 6.22. The van der Waals surface area contributed by atoms with Crippen LogP contribution in [0, 0.1) is 10.5 Å². The van der Waals surface area contributed by atoms with Crippen molar-refractivity contribution < 1.29 is 0 Å². The van der Waals surface area contributed by atoms with Crippen LogP contribution in [0.4, 0.5) is 0 Å². The number of aromatic nitrogens is 3. The van der Waals surface area contributed by atoms with Crippen LogP contribution in [-0.4, -0.2) is 14.1 Å². The maximum absolute atomic E-state index is 13.7. The summed E-state index contributed by atoms with van der Waals surface area (Å²) < 4.78 is 4.99. The maximum atomic E-state index is 13.7. The Morgan fingerprint density at radius 2 is 1.65 bits per heavy atom. The molecule has 0 unspecified atom stereocenters. The fraction of sp³-hybridized carbons (Fsp3) is 0.0625. The number of nitrogens with zero attached hydrogens (tertiary/aromatic N) is 3. The van der Waals surface area contributed by atoms with Gasteiger partial charge < -0.3 is 4.57 Å². The molecule has 0 fully saturated rings. The van der Waals surface area contributed by atoms with Crippen molar-refractivity contribution >= 4 is 56.5 Å². The van der Waals surface area contributed by atoms with E-state index in [1.54, 1.807) is 4.57 Å². The van der Waals surface area contributed by atoms with Crippen LogP contribution in [0.1, 0.15) is 22.5 Å². The van der Waals surface area contributed by atoms with Crippen molar-refractivity contribution in [2.75, 3.05) is 0 Å². The first-order valence-electron chi connectivity index (χ1n) is 12.2. The zero-order chi connectivity index (χ0) is 25.4. The van der Waals surface area contributed by atoms with E-state index in [0.717, 1.165) is 32.3 Å². The van der Waals surface area contributed by atoms with E-state index in [2.05, 4.69) is 88.0 Å². The second-order valence-electron chi connectivity index (χ2n) is 9.16. The minimum Gasteiger partial charge on any atom is -0.342 e. The van der Waals surface area contributed by atoms with Crippen LogP contribution in [-0.2, 0) is 6.54 Å². The Morgan fingerprint density at radius 3 is 2.49 bits per heavy atom. The van der Waals surface area contributed by atoms with Crippen molar-refractivity contribution in [1.82, 2.24) is 14.1 Å². The van der Waals surface area contributed by atoms with Gasteiger partial charge in [0, 0.05) is 32.8 Å². The molecule has 0 amide bonds. The number of halogens is 1. The van der Waals surface area contributed by atoms with Crippen molar-refractivity contribution in [3.63, 3.8) is 0 Å². The van der Waals surface area contributed by atoms with Crippen LogP contribution in [0.25, 0.3) is 39.6 Å². The van der Waals surface area contributed by atoms with Crippen LogP contribution in [0.3, 0.4) is 0 Å². The van der Waals surface area contributed by atoms with Gasteiger partial charge in [-0.2, -0.15) is 0 Å². The molecule has 2 aromatic heterocycles. The summed E-state index contributed by atoms with van der Waals surface area (Å²) in [4.78, 5) is 18.6. The molecule has 0 spiro atoms. The van der Waals surface area contributed by atoms with Crippen LogP contribution in [0.5, 0.6) is 0 Å². The van der Waals surface area contributed by atoms with E-state index in [1.807, 2.05) is 61.5 Å². The molecule has 0 N–H and O–H groups in total. The molecule has 5 heteroatoms. The summed E-state index contributed by atoms with van der Waals surface area (Å²) >= 11 is 2.24. The molecule has 0 aliphatic heterocycles. The SMILES string of the molecule is Cc1cccc(-n2c(C=Cc3cn(Cc4ccccc4)c4ccccc34)nc3ccc(I)cc3c2=O)c1. The Labute approximate surface area is 228 Å². The first-order valence-corrected chi connectivity index (χ1v) is 13.2. The first kappa shape index (κ1) is 23.4. The van der Waals surface area contributed by atoms with Crippen LogP contribution < -0.4 is 5.56 Å². The maximum Gasteiger partial charge on any atom is 0.266 e. The summed E-state index contributed by atoms with van der Waals surface area (Å²) in [6.45, 7) is 2.82. The Balaban J connectivity index is 1.51. The largest absolute Gasteiger partial charge is 0.342 e. The number of benzene rings is 4. The molecule has 0 saturated carbocycles. The van der Waals surface area contributed by atoms with Gasteiger partial charge in [-0.3, -0.25) is 9.36 Å². The lowest BCUT2D eigenvalue weighted by molar-refractivity contribution is 0.836. The summed E-state index contributed by atoms with van der Waals surface area (Å²) in [6.07, 6.45) is 6.19. The standard InChI is InChI=1S/C32H24IN3O/c1-22-8-7-11-26(18-22)36-31(34-29-16-15-25(33)19-28(29)32(36)37)17-14-24-21-35(20-23-9-3-2-4-10-23)30-13-6-5-12-27(24)30/h2-19,21H,20H2,1H3.